The van der Waals surface area contributed by atoms with Gasteiger partial charge in [0.15, 0.2) is 5.11 Å². The van der Waals surface area contributed by atoms with Gasteiger partial charge in [0.25, 0.3) is 11.9 Å². The molecule has 0 spiro atoms. The van der Waals surface area contributed by atoms with Gasteiger partial charge < -0.3 is 5.73 Å². The number of aromatic nitrogens is 1. The minimum absolute atomic E-state index is 0.376. The molecule has 0 unspecified atom stereocenters. The largest absolute Gasteiger partial charge is 0.416 e. The molecule has 0 aliphatic rings. The van der Waals surface area contributed by atoms with E-state index in [1.54, 1.807) is 0 Å². The van der Waals surface area contributed by atoms with Crippen molar-refractivity contribution in [3.8, 4) is 0 Å². The normalized spacial score (nSPS) is 11.3. The lowest BCUT2D eigenvalue weighted by Gasteiger charge is -2.25. The van der Waals surface area contributed by atoms with Crippen LogP contribution < -0.4 is 16.2 Å². The molecule has 3 N–H and O–H groups in total. The van der Waals surface area contributed by atoms with Gasteiger partial charge in [-0.15, -0.1) is 0 Å². The quantitative estimate of drug-likeness (QED) is 0.366. The van der Waals surface area contributed by atoms with Crippen LogP contribution in [0.1, 0.15) is 5.56 Å². The van der Waals surface area contributed by atoms with Crippen molar-refractivity contribution in [2.24, 2.45) is 5.73 Å². The fourth-order valence-electron chi connectivity index (χ4n) is 1.77. The number of nitrogens with two attached hydrogens (primary N) is 1. The Bertz CT molecular complexity index is 799. The molecule has 1 aromatic carbocycles. The van der Waals surface area contributed by atoms with E-state index in [2.05, 4.69) is 17.2 Å². The van der Waals surface area contributed by atoms with E-state index in [1.807, 2.05) is 5.43 Å². The molecule has 2 aromatic rings. The van der Waals surface area contributed by atoms with Crippen molar-refractivity contribution in [1.29, 1.82) is 0 Å². The lowest BCUT2D eigenvalue weighted by Crippen LogP contribution is -2.41. The van der Waals surface area contributed by atoms with Gasteiger partial charge in [-0.25, -0.2) is 5.01 Å². The summed E-state index contributed by atoms with van der Waals surface area (Å²) in [4.78, 5) is 2.35. The van der Waals surface area contributed by atoms with Crippen LogP contribution in [0.2, 0.25) is 0 Å². The number of halogens is 7. The van der Waals surface area contributed by atoms with E-state index in [1.165, 1.54) is 0 Å². The van der Waals surface area contributed by atoms with Crippen molar-refractivity contribution in [3.63, 3.8) is 0 Å². The summed E-state index contributed by atoms with van der Waals surface area (Å²) in [6, 6.07) is 3.35. The van der Waals surface area contributed by atoms with Gasteiger partial charge in [0.05, 0.1) is 11.3 Å². The smallest absolute Gasteiger partial charge is 0.374 e. The van der Waals surface area contributed by atoms with Crippen molar-refractivity contribution in [1.82, 2.24) is 4.98 Å². The number of nitrogens with one attached hydrogen (secondary N) is 1. The van der Waals surface area contributed by atoms with E-state index >= 15 is 0 Å². The first-order valence-electron chi connectivity index (χ1n) is 6.26. The highest BCUT2D eigenvalue weighted by molar-refractivity contribution is 7.80. The molecule has 0 aliphatic carbocycles. The molecule has 0 amide bonds. The summed E-state index contributed by atoms with van der Waals surface area (Å²) in [6.07, 6.45) is -4.72. The molecule has 0 saturated carbocycles. The Morgan fingerprint density at radius 2 is 1.64 bits per heavy atom. The third-order valence-corrected chi connectivity index (χ3v) is 3.06. The van der Waals surface area contributed by atoms with Crippen molar-refractivity contribution >= 4 is 28.7 Å². The summed E-state index contributed by atoms with van der Waals surface area (Å²) < 4.78 is 91.9. The molecule has 134 valence electrons. The number of benzene rings is 1. The molecule has 2 rings (SSSR count). The number of pyridine rings is 1. The Morgan fingerprint density at radius 3 is 2.12 bits per heavy atom. The molecule has 25 heavy (non-hydrogen) atoms. The first kappa shape index (κ1) is 18.7. The van der Waals surface area contributed by atoms with Crippen LogP contribution in [-0.2, 0) is 6.18 Å². The lowest BCUT2D eigenvalue weighted by atomic mass is 10.2. The van der Waals surface area contributed by atoms with Crippen LogP contribution in [0.4, 0.5) is 42.1 Å². The molecule has 0 bridgehead atoms. The number of thiocarbonyl (C=S) groups is 1. The summed E-state index contributed by atoms with van der Waals surface area (Å²) >= 11 is 4.60. The van der Waals surface area contributed by atoms with Gasteiger partial charge >= 0.3 is 6.18 Å². The molecule has 0 atom stereocenters. The molecule has 1 heterocycles. The number of anilines is 2. The number of hydrogen-bond donors (Lipinski definition) is 2. The topological polar surface area (TPSA) is 54.2 Å². The van der Waals surface area contributed by atoms with Crippen LogP contribution in [0.3, 0.4) is 0 Å². The van der Waals surface area contributed by atoms with Crippen molar-refractivity contribution in [3.05, 3.63) is 53.4 Å². The van der Waals surface area contributed by atoms with Crippen molar-refractivity contribution in [2.45, 2.75) is 6.18 Å². The van der Waals surface area contributed by atoms with Gasteiger partial charge in [-0.1, -0.05) is 6.07 Å². The van der Waals surface area contributed by atoms with Gasteiger partial charge in [0, 0.05) is 0 Å². The number of rotatable bonds is 3. The van der Waals surface area contributed by atoms with E-state index in [0.29, 0.717) is 11.1 Å². The number of nitrogens with zero attached hydrogens (tertiary/aromatic N) is 2. The standard InChI is InChI=1S/C13H7F7N4S/c14-7-9(8(15)11(17)22-10(7)16)23-24(12(21)25)6-3-1-2-5(4-6)13(18,19)20/h1-4H,(H2,21,25)(H,22,23). The lowest BCUT2D eigenvalue weighted by molar-refractivity contribution is -0.137. The Hall–Kier alpha value is -2.63. The summed E-state index contributed by atoms with van der Waals surface area (Å²) in [6.45, 7) is 0. The molecule has 12 heteroatoms. The second-order valence-corrected chi connectivity index (χ2v) is 4.95. The third-order valence-electron chi connectivity index (χ3n) is 2.87. The Kier molecular flexibility index (Phi) is 5.02. The Morgan fingerprint density at radius 1 is 1.08 bits per heavy atom. The first-order valence-corrected chi connectivity index (χ1v) is 6.66. The predicted molar refractivity (Wildman–Crippen MR) is 78.4 cm³/mol. The van der Waals surface area contributed by atoms with E-state index in [4.69, 9.17) is 5.73 Å². The number of alkyl halides is 3. The Balaban J connectivity index is 2.50. The summed E-state index contributed by atoms with van der Waals surface area (Å²) in [5, 5.41) is -0.221. The second-order valence-electron chi connectivity index (χ2n) is 4.53. The molecule has 1 aromatic heterocycles. The van der Waals surface area contributed by atoms with E-state index in [9.17, 15) is 30.7 Å². The van der Waals surface area contributed by atoms with Crippen LogP contribution in [-0.4, -0.2) is 10.1 Å². The fourth-order valence-corrected chi connectivity index (χ4v) is 1.92. The number of hydrogen-bond acceptors (Lipinski definition) is 3. The zero-order valence-electron chi connectivity index (χ0n) is 11.8. The second kappa shape index (κ2) is 6.70. The van der Waals surface area contributed by atoms with Gasteiger partial charge in [0.2, 0.25) is 11.6 Å². The maximum atomic E-state index is 13.7. The van der Waals surface area contributed by atoms with Crippen LogP contribution in [0, 0.1) is 23.5 Å². The van der Waals surface area contributed by atoms with E-state index in [-0.39, 0.29) is 5.69 Å². The average molecular weight is 384 g/mol. The number of hydrazine groups is 1. The SMILES string of the molecule is NC(=S)N(Nc1c(F)c(F)nc(F)c1F)c1cccc(C(F)(F)F)c1. The van der Waals surface area contributed by atoms with Crippen LogP contribution in [0.15, 0.2) is 24.3 Å². The van der Waals surface area contributed by atoms with Crippen molar-refractivity contribution in [2.75, 3.05) is 10.4 Å². The van der Waals surface area contributed by atoms with Gasteiger partial charge in [-0.3, -0.25) is 5.43 Å². The zero-order chi connectivity index (χ0) is 18.9. The molecular weight excluding hydrogens is 377 g/mol. The van der Waals surface area contributed by atoms with Crippen LogP contribution in [0.25, 0.3) is 0 Å². The monoisotopic (exact) mass is 384 g/mol. The van der Waals surface area contributed by atoms with Crippen LogP contribution >= 0.6 is 12.2 Å². The minimum Gasteiger partial charge on any atom is -0.374 e. The van der Waals surface area contributed by atoms with Gasteiger partial charge in [0.1, 0.15) is 5.69 Å². The predicted octanol–water partition coefficient (Wildman–Crippen LogP) is 3.73. The minimum atomic E-state index is -4.72. The van der Waals surface area contributed by atoms with E-state index < -0.39 is 46.1 Å². The van der Waals surface area contributed by atoms with Gasteiger partial charge in [-0.05, 0) is 30.4 Å². The molecule has 0 radical (unpaired) electrons. The highest BCUT2D eigenvalue weighted by Crippen LogP contribution is 2.32. The summed E-state index contributed by atoms with van der Waals surface area (Å²) in [5.41, 5.74) is 4.29. The summed E-state index contributed by atoms with van der Waals surface area (Å²) in [7, 11) is 0. The Labute approximate surface area is 141 Å². The molecule has 0 saturated heterocycles. The molecule has 4 nitrogen and oxygen atoms in total. The first-order chi connectivity index (χ1) is 11.5. The zero-order valence-corrected chi connectivity index (χ0v) is 12.7. The summed E-state index contributed by atoms with van der Waals surface area (Å²) in [5.74, 6) is -7.75. The third kappa shape index (κ3) is 3.90. The van der Waals surface area contributed by atoms with E-state index in [0.717, 1.165) is 18.2 Å². The molecule has 0 fully saturated rings. The van der Waals surface area contributed by atoms with Gasteiger partial charge in [-0.2, -0.15) is 35.7 Å². The highest BCUT2D eigenvalue weighted by Gasteiger charge is 2.31. The maximum Gasteiger partial charge on any atom is 0.416 e. The average Bonchev–Trinajstić information content (AvgIpc) is 2.52. The maximum absolute atomic E-state index is 13.7. The molecular formula is C13H7F7N4S. The molecule has 0 aliphatic heterocycles. The van der Waals surface area contributed by atoms with Crippen LogP contribution in [0.5, 0.6) is 0 Å². The highest BCUT2D eigenvalue weighted by atomic mass is 32.1. The fraction of sp³-hybridized carbons (Fsp3) is 0.0769. The van der Waals surface area contributed by atoms with Crippen molar-refractivity contribution < 1.29 is 30.7 Å².